The van der Waals surface area contributed by atoms with Crippen LogP contribution in [-0.2, 0) is 9.63 Å². The van der Waals surface area contributed by atoms with E-state index in [1.165, 1.54) is 20.2 Å². The average molecular weight is 428 g/mol. The first-order valence-corrected chi connectivity index (χ1v) is 8.99. The van der Waals surface area contributed by atoms with Crippen LogP contribution in [-0.4, -0.2) is 35.7 Å². The Balaban J connectivity index is 2.00. The molecule has 1 amide bonds. The number of nitrogens with zero attached hydrogens (tertiary/aromatic N) is 3. The predicted octanol–water partition coefficient (Wildman–Crippen LogP) is 3.74. The molecule has 160 valence electrons. The zero-order valence-electron chi connectivity index (χ0n) is 16.8. The number of rotatable bonds is 7. The van der Waals surface area contributed by atoms with Gasteiger partial charge >= 0.3 is 0 Å². The average Bonchev–Trinajstić information content (AvgIpc) is 2.76. The van der Waals surface area contributed by atoms with Crippen LogP contribution in [0.5, 0.6) is 23.3 Å². The van der Waals surface area contributed by atoms with Crippen molar-refractivity contribution in [3.05, 3.63) is 71.6 Å². The van der Waals surface area contributed by atoms with Gasteiger partial charge in [-0.2, -0.15) is 14.4 Å². The fourth-order valence-electron chi connectivity index (χ4n) is 2.56. The third kappa shape index (κ3) is 4.92. The Kier molecular flexibility index (Phi) is 6.71. The topological polar surface area (TPSA) is 94.9 Å². The Morgan fingerprint density at radius 1 is 1.03 bits per heavy atom. The molecule has 10 heteroatoms. The number of nitrogens with one attached hydrogen (secondary N) is 1. The van der Waals surface area contributed by atoms with Gasteiger partial charge < -0.3 is 19.6 Å². The van der Waals surface area contributed by atoms with Gasteiger partial charge in [0, 0.05) is 13.1 Å². The van der Waals surface area contributed by atoms with Gasteiger partial charge in [0.2, 0.25) is 5.82 Å². The van der Waals surface area contributed by atoms with Gasteiger partial charge in [-0.25, -0.2) is 4.39 Å². The predicted molar refractivity (Wildman–Crippen MR) is 107 cm³/mol. The molecule has 0 atom stereocenters. The summed E-state index contributed by atoms with van der Waals surface area (Å²) in [5.74, 6) is -3.03. The number of aryl methyl sites for hydroxylation is 1. The van der Waals surface area contributed by atoms with Gasteiger partial charge in [0.25, 0.3) is 17.7 Å². The molecule has 0 spiro atoms. The summed E-state index contributed by atoms with van der Waals surface area (Å²) in [6.45, 7) is 1.79. The van der Waals surface area contributed by atoms with Crippen LogP contribution in [0.4, 0.5) is 8.78 Å². The molecule has 3 rings (SSSR count). The Morgan fingerprint density at radius 2 is 1.71 bits per heavy atom. The van der Waals surface area contributed by atoms with E-state index in [0.717, 1.165) is 24.0 Å². The highest BCUT2D eigenvalue weighted by atomic mass is 19.1. The van der Waals surface area contributed by atoms with Gasteiger partial charge in [-0.1, -0.05) is 23.4 Å². The quantitative estimate of drug-likeness (QED) is 0.455. The van der Waals surface area contributed by atoms with Gasteiger partial charge in [-0.05, 0) is 30.7 Å². The summed E-state index contributed by atoms with van der Waals surface area (Å²) in [7, 11) is 2.63. The Bertz CT molecular complexity index is 1140. The molecule has 0 aliphatic heterocycles. The molecule has 0 saturated carbocycles. The number of carbonyl (C=O) groups excluding carboxylic acids is 1. The first kappa shape index (κ1) is 21.6. The number of oxime groups is 1. The van der Waals surface area contributed by atoms with E-state index in [-0.39, 0.29) is 22.9 Å². The van der Waals surface area contributed by atoms with Crippen LogP contribution in [0.1, 0.15) is 11.1 Å². The number of likely N-dealkylation sites (N-methyl/N-ethyl adjacent to an activating group) is 1. The second kappa shape index (κ2) is 9.61. The minimum Gasteiger partial charge on any atom is -0.436 e. The lowest BCUT2D eigenvalue weighted by Gasteiger charge is -2.13. The Hall–Kier alpha value is -4.08. The van der Waals surface area contributed by atoms with Crippen molar-refractivity contribution in [3.63, 3.8) is 0 Å². The Morgan fingerprint density at radius 3 is 2.35 bits per heavy atom. The molecule has 31 heavy (non-hydrogen) atoms. The van der Waals surface area contributed by atoms with Crippen molar-refractivity contribution in [1.29, 1.82) is 0 Å². The van der Waals surface area contributed by atoms with Crippen molar-refractivity contribution in [2.24, 2.45) is 5.16 Å². The molecular formula is C21H18F2N4O4. The normalized spacial score (nSPS) is 11.1. The lowest BCUT2D eigenvalue weighted by Crippen LogP contribution is -2.29. The van der Waals surface area contributed by atoms with Gasteiger partial charge in [0.1, 0.15) is 30.8 Å². The summed E-state index contributed by atoms with van der Waals surface area (Å²) in [4.78, 5) is 24.4. The molecule has 0 fully saturated rings. The van der Waals surface area contributed by atoms with Crippen LogP contribution in [0.15, 0.2) is 53.9 Å². The number of amides is 1. The molecule has 0 aliphatic rings. The van der Waals surface area contributed by atoms with Gasteiger partial charge in [-0.3, -0.25) is 4.79 Å². The number of para-hydroxylation sites is 1. The number of aromatic nitrogens is 2. The summed E-state index contributed by atoms with van der Waals surface area (Å²) in [5, 5.41) is 6.04. The highest BCUT2D eigenvalue weighted by molar-refractivity contribution is 6.45. The van der Waals surface area contributed by atoms with Gasteiger partial charge in [0.05, 0.1) is 5.56 Å². The minimum absolute atomic E-state index is 0.0574. The van der Waals surface area contributed by atoms with Crippen LogP contribution < -0.4 is 14.8 Å². The highest BCUT2D eigenvalue weighted by Gasteiger charge is 2.22. The number of hydrogen-bond acceptors (Lipinski definition) is 7. The molecular weight excluding hydrogens is 410 g/mol. The van der Waals surface area contributed by atoms with E-state index in [1.54, 1.807) is 25.1 Å². The number of ether oxygens (including phenoxy) is 2. The van der Waals surface area contributed by atoms with E-state index in [0.29, 0.717) is 5.75 Å². The molecule has 0 aliphatic carbocycles. The van der Waals surface area contributed by atoms with Crippen LogP contribution in [0.25, 0.3) is 0 Å². The zero-order valence-corrected chi connectivity index (χ0v) is 16.8. The SMILES string of the molecule is CNC(=O)C(=NOC)c1ccc(F)cc1Oc1ncnc(Oc2ccccc2C)c1F. The van der Waals surface area contributed by atoms with Crippen LogP contribution in [0.2, 0.25) is 0 Å². The van der Waals surface area contributed by atoms with E-state index in [9.17, 15) is 13.6 Å². The highest BCUT2D eigenvalue weighted by Crippen LogP contribution is 2.32. The van der Waals surface area contributed by atoms with Crippen molar-refractivity contribution >= 4 is 11.6 Å². The van der Waals surface area contributed by atoms with Crippen molar-refractivity contribution in [2.45, 2.75) is 6.92 Å². The largest absolute Gasteiger partial charge is 0.436 e. The maximum absolute atomic E-state index is 15.0. The van der Waals surface area contributed by atoms with Crippen LogP contribution in [0.3, 0.4) is 0 Å². The fourth-order valence-corrected chi connectivity index (χ4v) is 2.56. The molecule has 1 N–H and O–H groups in total. The van der Waals surface area contributed by atoms with E-state index in [2.05, 4.69) is 20.4 Å². The second-order valence-electron chi connectivity index (χ2n) is 6.11. The maximum Gasteiger partial charge on any atom is 0.273 e. The third-order valence-corrected chi connectivity index (χ3v) is 4.06. The standard InChI is InChI=1S/C21H18F2N4O4/c1-12-6-4-5-7-15(12)30-20-17(23)21(26-11-25-20)31-16-10-13(22)8-9-14(16)18(27-29-3)19(28)24-2/h4-11H,1-3H3,(H,24,28). The first-order chi connectivity index (χ1) is 14.9. The Labute approximate surface area is 176 Å². The molecule has 0 radical (unpaired) electrons. The first-order valence-electron chi connectivity index (χ1n) is 8.99. The third-order valence-electron chi connectivity index (χ3n) is 4.06. The summed E-state index contributed by atoms with van der Waals surface area (Å²) in [6, 6.07) is 10.3. The summed E-state index contributed by atoms with van der Waals surface area (Å²) in [6.07, 6.45) is 1.04. The molecule has 1 heterocycles. The maximum atomic E-state index is 15.0. The van der Waals surface area contributed by atoms with E-state index in [4.69, 9.17) is 14.3 Å². The second-order valence-corrected chi connectivity index (χ2v) is 6.11. The molecule has 0 unspecified atom stereocenters. The van der Waals surface area contributed by atoms with Crippen LogP contribution in [0, 0.1) is 18.6 Å². The number of benzene rings is 2. The molecule has 0 bridgehead atoms. The van der Waals surface area contributed by atoms with Gasteiger partial charge in [0.15, 0.2) is 5.71 Å². The summed E-state index contributed by atoms with van der Waals surface area (Å²) in [5.41, 5.74) is 0.620. The summed E-state index contributed by atoms with van der Waals surface area (Å²) < 4.78 is 39.9. The molecule has 2 aromatic carbocycles. The molecule has 8 nitrogen and oxygen atoms in total. The van der Waals surface area contributed by atoms with Gasteiger partial charge in [-0.15, -0.1) is 0 Å². The number of carbonyl (C=O) groups is 1. The lowest BCUT2D eigenvalue weighted by molar-refractivity contribution is -0.114. The van der Waals surface area contributed by atoms with Crippen molar-refractivity contribution < 1.29 is 27.9 Å². The lowest BCUT2D eigenvalue weighted by atomic mass is 10.1. The molecule has 0 saturated heterocycles. The smallest absolute Gasteiger partial charge is 0.273 e. The van der Waals surface area contributed by atoms with Crippen molar-refractivity contribution in [3.8, 4) is 23.3 Å². The zero-order chi connectivity index (χ0) is 22.4. The van der Waals surface area contributed by atoms with Crippen molar-refractivity contribution in [1.82, 2.24) is 15.3 Å². The molecule has 1 aromatic heterocycles. The summed E-state index contributed by atoms with van der Waals surface area (Å²) >= 11 is 0. The monoisotopic (exact) mass is 428 g/mol. The minimum atomic E-state index is -1.01. The number of hydrogen-bond donors (Lipinski definition) is 1. The number of halogens is 2. The van der Waals surface area contributed by atoms with E-state index >= 15 is 0 Å². The van der Waals surface area contributed by atoms with Crippen molar-refractivity contribution in [2.75, 3.05) is 14.2 Å². The fraction of sp³-hybridized carbons (Fsp3) is 0.143. The van der Waals surface area contributed by atoms with E-state index in [1.807, 2.05) is 6.07 Å². The molecule has 3 aromatic rings. The van der Waals surface area contributed by atoms with Crippen LogP contribution >= 0.6 is 0 Å². The van der Waals surface area contributed by atoms with E-state index < -0.39 is 23.4 Å².